The lowest BCUT2D eigenvalue weighted by Gasteiger charge is -2.19. The maximum atomic E-state index is 3.62. The van der Waals surface area contributed by atoms with E-state index >= 15 is 0 Å². The van der Waals surface area contributed by atoms with Crippen molar-refractivity contribution in [2.24, 2.45) is 0 Å². The fourth-order valence-electron chi connectivity index (χ4n) is 2.49. The highest BCUT2D eigenvalue weighted by atomic mass is 32.1. The van der Waals surface area contributed by atoms with E-state index in [0.29, 0.717) is 6.04 Å². The number of thiophene rings is 1. The zero-order valence-electron chi connectivity index (χ0n) is 12.1. The molecule has 0 saturated heterocycles. The minimum atomic E-state index is 0.327. The lowest BCUT2D eigenvalue weighted by atomic mass is 9.96. The molecule has 0 saturated carbocycles. The van der Waals surface area contributed by atoms with Crippen molar-refractivity contribution in [3.63, 3.8) is 0 Å². The van der Waals surface area contributed by atoms with Gasteiger partial charge < -0.3 is 5.32 Å². The molecule has 1 nitrogen and oxygen atoms in total. The summed E-state index contributed by atoms with van der Waals surface area (Å²) in [5.74, 6) is 0. The van der Waals surface area contributed by atoms with Crippen LogP contribution in [0.25, 0.3) is 0 Å². The van der Waals surface area contributed by atoms with Crippen molar-refractivity contribution in [1.82, 2.24) is 5.32 Å². The van der Waals surface area contributed by atoms with E-state index in [2.05, 4.69) is 61.1 Å². The summed E-state index contributed by atoms with van der Waals surface area (Å²) in [6, 6.07) is 9.34. The van der Waals surface area contributed by atoms with Gasteiger partial charge in [0.2, 0.25) is 0 Å². The smallest absolute Gasteiger partial charge is 0.0587 e. The monoisotopic (exact) mass is 273 g/mol. The molecular formula is C17H23NS. The van der Waals surface area contributed by atoms with Crippen molar-refractivity contribution in [2.45, 2.75) is 39.7 Å². The van der Waals surface area contributed by atoms with Crippen LogP contribution in [-0.2, 0) is 6.42 Å². The largest absolute Gasteiger partial charge is 0.306 e. The Balaban J connectivity index is 2.33. The van der Waals surface area contributed by atoms with Crippen molar-refractivity contribution in [3.05, 3.63) is 57.3 Å². The molecule has 0 aliphatic carbocycles. The van der Waals surface area contributed by atoms with Crippen LogP contribution in [0.5, 0.6) is 0 Å². The fraction of sp³-hybridized carbons (Fsp3) is 0.412. The Hall–Kier alpha value is -1.12. The molecule has 0 spiro atoms. The molecule has 2 aromatic rings. The van der Waals surface area contributed by atoms with E-state index in [-0.39, 0.29) is 0 Å². The second-order valence-electron chi connectivity index (χ2n) is 5.00. The van der Waals surface area contributed by atoms with Gasteiger partial charge in [0.25, 0.3) is 0 Å². The summed E-state index contributed by atoms with van der Waals surface area (Å²) < 4.78 is 0. The van der Waals surface area contributed by atoms with Gasteiger partial charge in [0, 0.05) is 0 Å². The van der Waals surface area contributed by atoms with Gasteiger partial charge in [0.15, 0.2) is 0 Å². The Morgan fingerprint density at radius 1 is 1.21 bits per heavy atom. The van der Waals surface area contributed by atoms with Gasteiger partial charge in [-0.3, -0.25) is 0 Å². The molecule has 1 unspecified atom stereocenters. The molecular weight excluding hydrogens is 250 g/mol. The molecule has 2 heteroatoms. The highest BCUT2D eigenvalue weighted by Gasteiger charge is 2.15. The van der Waals surface area contributed by atoms with Crippen LogP contribution in [0.1, 0.15) is 48.6 Å². The van der Waals surface area contributed by atoms with E-state index in [9.17, 15) is 0 Å². The van der Waals surface area contributed by atoms with E-state index in [1.807, 2.05) is 0 Å². The Labute approximate surface area is 120 Å². The van der Waals surface area contributed by atoms with Gasteiger partial charge in [-0.25, -0.2) is 0 Å². The maximum absolute atomic E-state index is 3.62. The van der Waals surface area contributed by atoms with Crippen molar-refractivity contribution in [3.8, 4) is 0 Å². The average molecular weight is 273 g/mol. The third-order valence-corrected chi connectivity index (χ3v) is 4.32. The van der Waals surface area contributed by atoms with Gasteiger partial charge in [-0.05, 0) is 52.9 Å². The average Bonchev–Trinajstić information content (AvgIpc) is 2.83. The van der Waals surface area contributed by atoms with Crippen molar-refractivity contribution >= 4 is 11.3 Å². The number of rotatable bonds is 6. The van der Waals surface area contributed by atoms with Crippen LogP contribution in [0.2, 0.25) is 0 Å². The van der Waals surface area contributed by atoms with E-state index in [1.54, 1.807) is 11.3 Å². The molecule has 1 aromatic carbocycles. The van der Waals surface area contributed by atoms with Crippen LogP contribution in [0.3, 0.4) is 0 Å². The molecule has 19 heavy (non-hydrogen) atoms. The molecule has 2 rings (SSSR count). The summed E-state index contributed by atoms with van der Waals surface area (Å²) in [4.78, 5) is 0. The number of nitrogens with one attached hydrogen (secondary N) is 1. The maximum Gasteiger partial charge on any atom is 0.0587 e. The molecule has 0 amide bonds. The third kappa shape index (κ3) is 3.46. The Bertz CT molecular complexity index is 515. The van der Waals surface area contributed by atoms with Crippen molar-refractivity contribution in [1.29, 1.82) is 0 Å². The molecule has 0 aliphatic rings. The number of hydrogen-bond donors (Lipinski definition) is 1. The van der Waals surface area contributed by atoms with E-state index in [0.717, 1.165) is 13.0 Å². The predicted octanol–water partition coefficient (Wildman–Crippen LogP) is 4.71. The van der Waals surface area contributed by atoms with Crippen molar-refractivity contribution in [2.75, 3.05) is 6.54 Å². The van der Waals surface area contributed by atoms with Crippen LogP contribution in [0.15, 0.2) is 35.0 Å². The predicted molar refractivity (Wildman–Crippen MR) is 85.0 cm³/mol. The Morgan fingerprint density at radius 2 is 2.05 bits per heavy atom. The molecule has 1 aromatic heterocycles. The van der Waals surface area contributed by atoms with E-state index < -0.39 is 0 Å². The minimum absolute atomic E-state index is 0.327. The van der Waals surface area contributed by atoms with Crippen LogP contribution in [0.4, 0.5) is 0 Å². The summed E-state index contributed by atoms with van der Waals surface area (Å²) in [5, 5.41) is 8.12. The lowest BCUT2D eigenvalue weighted by molar-refractivity contribution is 0.629. The van der Waals surface area contributed by atoms with Gasteiger partial charge in [-0.1, -0.05) is 44.5 Å². The van der Waals surface area contributed by atoms with E-state index in [4.69, 9.17) is 0 Å². The second-order valence-corrected chi connectivity index (χ2v) is 5.74. The molecule has 1 N–H and O–H groups in total. The van der Waals surface area contributed by atoms with Crippen LogP contribution >= 0.6 is 11.3 Å². The molecule has 102 valence electrons. The summed E-state index contributed by atoms with van der Waals surface area (Å²) in [5.41, 5.74) is 5.63. The Kier molecular flexibility index (Phi) is 5.17. The summed E-state index contributed by atoms with van der Waals surface area (Å²) in [6.07, 6.45) is 2.36. The van der Waals surface area contributed by atoms with Gasteiger partial charge in [0.05, 0.1) is 6.04 Å². The zero-order valence-corrected chi connectivity index (χ0v) is 12.9. The minimum Gasteiger partial charge on any atom is -0.306 e. The highest BCUT2D eigenvalue weighted by molar-refractivity contribution is 7.08. The molecule has 0 fully saturated rings. The third-order valence-electron chi connectivity index (χ3n) is 3.44. The first-order valence-corrected chi connectivity index (χ1v) is 8.05. The SMILES string of the molecule is CCCc1cccc(C(NCC)c2cscc2C)c1. The van der Waals surface area contributed by atoms with E-state index in [1.165, 1.54) is 28.7 Å². The zero-order chi connectivity index (χ0) is 13.7. The van der Waals surface area contributed by atoms with Gasteiger partial charge >= 0.3 is 0 Å². The first kappa shape index (κ1) is 14.3. The normalized spacial score (nSPS) is 12.6. The van der Waals surface area contributed by atoms with Crippen LogP contribution in [0, 0.1) is 6.92 Å². The topological polar surface area (TPSA) is 12.0 Å². The summed E-state index contributed by atoms with van der Waals surface area (Å²) in [6.45, 7) is 7.59. The molecule has 1 heterocycles. The van der Waals surface area contributed by atoms with Crippen LogP contribution < -0.4 is 5.32 Å². The second kappa shape index (κ2) is 6.88. The number of hydrogen-bond acceptors (Lipinski definition) is 2. The quantitative estimate of drug-likeness (QED) is 0.804. The molecule has 0 aliphatic heterocycles. The summed E-state index contributed by atoms with van der Waals surface area (Å²) >= 11 is 1.79. The van der Waals surface area contributed by atoms with Gasteiger partial charge in [-0.2, -0.15) is 11.3 Å². The standard InChI is InChI=1S/C17H23NS/c1-4-7-14-8-6-9-15(10-14)17(18-5-2)16-12-19-11-13(16)3/h6,8-12,17-18H,4-5,7H2,1-3H3. The highest BCUT2D eigenvalue weighted by Crippen LogP contribution is 2.28. The first-order chi connectivity index (χ1) is 9.26. The molecule has 1 atom stereocenters. The summed E-state index contributed by atoms with van der Waals surface area (Å²) in [7, 11) is 0. The lowest BCUT2D eigenvalue weighted by Crippen LogP contribution is -2.22. The molecule has 0 bridgehead atoms. The van der Waals surface area contributed by atoms with Crippen molar-refractivity contribution < 1.29 is 0 Å². The van der Waals surface area contributed by atoms with Crippen LogP contribution in [-0.4, -0.2) is 6.54 Å². The van der Waals surface area contributed by atoms with Gasteiger partial charge in [0.1, 0.15) is 0 Å². The Morgan fingerprint density at radius 3 is 2.68 bits per heavy atom. The first-order valence-electron chi connectivity index (χ1n) is 7.11. The number of benzene rings is 1. The fourth-order valence-corrected chi connectivity index (χ4v) is 3.37. The molecule has 0 radical (unpaired) electrons. The van der Waals surface area contributed by atoms with Gasteiger partial charge in [-0.15, -0.1) is 0 Å². The number of aryl methyl sites for hydroxylation is 2.